The summed E-state index contributed by atoms with van der Waals surface area (Å²) in [5.41, 5.74) is 0.829. The van der Waals surface area contributed by atoms with Crippen molar-refractivity contribution in [1.82, 2.24) is 4.98 Å². The first-order chi connectivity index (χ1) is 5.38. The molecule has 1 aromatic rings. The van der Waals surface area contributed by atoms with E-state index in [9.17, 15) is 5.11 Å². The molecular formula is C8H8N2O. The number of hydrogen-bond donors (Lipinski definition) is 2. The van der Waals surface area contributed by atoms with Crippen molar-refractivity contribution in [3.63, 3.8) is 0 Å². The van der Waals surface area contributed by atoms with Crippen LogP contribution in [0.4, 0.5) is 5.82 Å². The molecule has 0 spiro atoms. The van der Waals surface area contributed by atoms with Crippen molar-refractivity contribution in [2.24, 2.45) is 0 Å². The third kappa shape index (κ3) is 0.991. The molecule has 0 saturated heterocycles. The number of aliphatic hydroxyl groups excluding tert-OH is 1. The number of nitrogens with one attached hydrogen (secondary N) is 1. The molecule has 2 heterocycles. The lowest BCUT2D eigenvalue weighted by atomic mass is 10.1. The molecule has 0 aliphatic carbocycles. The number of aliphatic hydroxyl groups is 1. The van der Waals surface area contributed by atoms with Crippen molar-refractivity contribution in [2.75, 3.05) is 5.32 Å². The van der Waals surface area contributed by atoms with E-state index in [4.69, 9.17) is 0 Å². The minimum atomic E-state index is -0.514. The molecule has 2 N–H and O–H groups in total. The third-order valence-corrected chi connectivity index (χ3v) is 1.66. The summed E-state index contributed by atoms with van der Waals surface area (Å²) in [6.07, 6.45) is 4.56. The molecule has 1 aliphatic heterocycles. The van der Waals surface area contributed by atoms with E-state index in [1.165, 1.54) is 0 Å². The van der Waals surface area contributed by atoms with Crippen LogP contribution in [-0.4, -0.2) is 10.1 Å². The van der Waals surface area contributed by atoms with E-state index in [1.54, 1.807) is 18.5 Å². The average molecular weight is 148 g/mol. The highest BCUT2D eigenvalue weighted by Crippen LogP contribution is 2.24. The normalized spacial score (nSPS) is 20.6. The Hall–Kier alpha value is -1.35. The van der Waals surface area contributed by atoms with Crippen molar-refractivity contribution in [3.05, 3.63) is 36.2 Å². The van der Waals surface area contributed by atoms with Gasteiger partial charge in [0, 0.05) is 18.0 Å². The third-order valence-electron chi connectivity index (χ3n) is 1.66. The number of pyridine rings is 1. The highest BCUT2D eigenvalue weighted by molar-refractivity contribution is 5.51. The number of aromatic nitrogens is 1. The van der Waals surface area contributed by atoms with Crippen LogP contribution in [-0.2, 0) is 0 Å². The molecule has 56 valence electrons. The van der Waals surface area contributed by atoms with Crippen LogP contribution in [0.25, 0.3) is 0 Å². The molecule has 3 nitrogen and oxygen atoms in total. The Morgan fingerprint density at radius 1 is 1.55 bits per heavy atom. The predicted octanol–water partition coefficient (Wildman–Crippen LogP) is 1.05. The lowest BCUT2D eigenvalue weighted by Gasteiger charge is -2.15. The van der Waals surface area contributed by atoms with Gasteiger partial charge in [0.1, 0.15) is 11.9 Å². The minimum Gasteiger partial charge on any atom is -0.384 e. The number of fused-ring (bicyclic) bond motifs is 1. The zero-order chi connectivity index (χ0) is 7.68. The lowest BCUT2D eigenvalue weighted by Crippen LogP contribution is -2.06. The maximum absolute atomic E-state index is 9.39. The first-order valence-corrected chi connectivity index (χ1v) is 3.44. The van der Waals surface area contributed by atoms with Crippen molar-refractivity contribution in [2.45, 2.75) is 6.10 Å². The second kappa shape index (κ2) is 2.36. The van der Waals surface area contributed by atoms with Crippen molar-refractivity contribution >= 4 is 5.82 Å². The smallest absolute Gasteiger partial charge is 0.136 e. The molecule has 0 aromatic carbocycles. The Balaban J connectivity index is 2.50. The first-order valence-electron chi connectivity index (χ1n) is 3.44. The number of rotatable bonds is 0. The maximum Gasteiger partial charge on any atom is 0.136 e. The van der Waals surface area contributed by atoms with Crippen LogP contribution in [0.5, 0.6) is 0 Å². The van der Waals surface area contributed by atoms with Gasteiger partial charge < -0.3 is 10.4 Å². The Morgan fingerprint density at radius 2 is 2.45 bits per heavy atom. The summed E-state index contributed by atoms with van der Waals surface area (Å²) < 4.78 is 0. The van der Waals surface area contributed by atoms with E-state index in [0.717, 1.165) is 11.4 Å². The summed E-state index contributed by atoms with van der Waals surface area (Å²) in [7, 11) is 0. The number of hydrogen-bond acceptors (Lipinski definition) is 3. The zero-order valence-electron chi connectivity index (χ0n) is 5.86. The molecule has 1 atom stereocenters. The van der Waals surface area contributed by atoms with Crippen LogP contribution < -0.4 is 5.32 Å². The fourth-order valence-electron chi connectivity index (χ4n) is 1.10. The van der Waals surface area contributed by atoms with Crippen LogP contribution >= 0.6 is 0 Å². The molecule has 0 bridgehead atoms. The van der Waals surface area contributed by atoms with Crippen molar-refractivity contribution in [1.29, 1.82) is 0 Å². The zero-order valence-corrected chi connectivity index (χ0v) is 5.86. The summed E-state index contributed by atoms with van der Waals surface area (Å²) in [5.74, 6) is 0.738. The van der Waals surface area contributed by atoms with E-state index in [-0.39, 0.29) is 0 Å². The van der Waals surface area contributed by atoms with Crippen LogP contribution in [0.1, 0.15) is 11.7 Å². The molecule has 11 heavy (non-hydrogen) atoms. The lowest BCUT2D eigenvalue weighted by molar-refractivity contribution is 0.227. The molecule has 1 aliphatic rings. The number of nitrogens with zero attached hydrogens (tertiary/aromatic N) is 1. The average Bonchev–Trinajstić information content (AvgIpc) is 2.06. The van der Waals surface area contributed by atoms with Gasteiger partial charge in [0.05, 0.1) is 0 Å². The summed E-state index contributed by atoms with van der Waals surface area (Å²) >= 11 is 0. The summed E-state index contributed by atoms with van der Waals surface area (Å²) in [6.45, 7) is 0. The molecule has 1 unspecified atom stereocenters. The molecule has 1 aromatic heterocycles. The summed E-state index contributed by atoms with van der Waals surface area (Å²) in [4.78, 5) is 4.05. The molecular weight excluding hydrogens is 140 g/mol. The summed E-state index contributed by atoms with van der Waals surface area (Å²) in [5, 5.41) is 12.3. The molecule has 0 fully saturated rings. The van der Waals surface area contributed by atoms with E-state index >= 15 is 0 Å². The van der Waals surface area contributed by atoms with Gasteiger partial charge in [-0.15, -0.1) is 0 Å². The number of anilines is 1. The monoisotopic (exact) mass is 148 g/mol. The molecule has 2 rings (SSSR count). The minimum absolute atomic E-state index is 0.514. The van der Waals surface area contributed by atoms with E-state index in [1.807, 2.05) is 12.1 Å². The fourth-order valence-corrected chi connectivity index (χ4v) is 1.10. The second-order valence-electron chi connectivity index (χ2n) is 2.39. The van der Waals surface area contributed by atoms with Gasteiger partial charge in [0.15, 0.2) is 0 Å². The van der Waals surface area contributed by atoms with Gasteiger partial charge in [-0.1, -0.05) is 6.07 Å². The molecule has 3 heteroatoms. The maximum atomic E-state index is 9.39. The predicted molar refractivity (Wildman–Crippen MR) is 42.0 cm³/mol. The van der Waals surface area contributed by atoms with Crippen LogP contribution in [0.2, 0.25) is 0 Å². The molecule has 0 saturated carbocycles. The van der Waals surface area contributed by atoms with E-state index in [0.29, 0.717) is 0 Å². The van der Waals surface area contributed by atoms with Crippen LogP contribution in [0.15, 0.2) is 30.6 Å². The largest absolute Gasteiger partial charge is 0.384 e. The van der Waals surface area contributed by atoms with Crippen molar-refractivity contribution in [3.8, 4) is 0 Å². The fraction of sp³-hybridized carbons (Fsp3) is 0.125. The van der Waals surface area contributed by atoms with Gasteiger partial charge in [0.2, 0.25) is 0 Å². The molecule has 0 radical (unpaired) electrons. The highest BCUT2D eigenvalue weighted by atomic mass is 16.3. The van der Waals surface area contributed by atoms with Crippen LogP contribution in [0.3, 0.4) is 0 Å². The SMILES string of the molecule is OC1C=CNc2ncccc21. The Labute approximate surface area is 64.4 Å². The quantitative estimate of drug-likeness (QED) is 0.578. The van der Waals surface area contributed by atoms with Gasteiger partial charge in [-0.3, -0.25) is 0 Å². The Morgan fingerprint density at radius 3 is 3.27 bits per heavy atom. The van der Waals surface area contributed by atoms with Gasteiger partial charge >= 0.3 is 0 Å². The van der Waals surface area contributed by atoms with E-state index in [2.05, 4.69) is 10.3 Å². The van der Waals surface area contributed by atoms with Gasteiger partial charge in [-0.05, 0) is 12.1 Å². The second-order valence-corrected chi connectivity index (χ2v) is 2.39. The highest BCUT2D eigenvalue weighted by Gasteiger charge is 2.12. The summed E-state index contributed by atoms with van der Waals surface area (Å²) in [6, 6.07) is 3.66. The van der Waals surface area contributed by atoms with Gasteiger partial charge in [-0.25, -0.2) is 4.98 Å². The van der Waals surface area contributed by atoms with E-state index < -0.39 is 6.10 Å². The topological polar surface area (TPSA) is 45.1 Å². The first kappa shape index (κ1) is 6.37. The Kier molecular flexibility index (Phi) is 1.36. The standard InChI is InChI=1S/C8H8N2O/c11-7-3-5-10-8-6(7)2-1-4-9-8/h1-5,7,11H,(H,9,10). The Bertz CT molecular complexity index is 296. The molecule has 0 amide bonds. The van der Waals surface area contributed by atoms with Gasteiger partial charge in [-0.2, -0.15) is 0 Å². The van der Waals surface area contributed by atoms with Crippen LogP contribution in [0, 0.1) is 0 Å². The van der Waals surface area contributed by atoms with Gasteiger partial charge in [0.25, 0.3) is 0 Å². The van der Waals surface area contributed by atoms with Crippen molar-refractivity contribution < 1.29 is 5.11 Å².